The van der Waals surface area contributed by atoms with Crippen molar-refractivity contribution in [2.24, 2.45) is 0 Å². The number of aryl methyl sites for hydroxylation is 1. The quantitative estimate of drug-likeness (QED) is 0.585. The largest absolute Gasteiger partial charge is 0.350 e. The molecular formula is C23H25ClN4O2. The molecule has 1 unspecified atom stereocenters. The van der Waals surface area contributed by atoms with Crippen molar-refractivity contribution in [3.8, 4) is 16.8 Å². The molecule has 0 aliphatic heterocycles. The molecule has 7 heteroatoms. The number of anilines is 1. The second-order valence-electron chi connectivity index (χ2n) is 7.24. The summed E-state index contributed by atoms with van der Waals surface area (Å²) in [4.78, 5) is 24.2. The summed E-state index contributed by atoms with van der Waals surface area (Å²) in [6, 6.07) is 14.6. The molecule has 1 atom stereocenters. The summed E-state index contributed by atoms with van der Waals surface area (Å²) in [6.45, 7) is 7.34. The Bertz CT molecular complexity index is 1060. The number of hydrogen-bond donors (Lipinski definition) is 2. The van der Waals surface area contributed by atoms with Crippen LogP contribution >= 0.6 is 11.6 Å². The molecule has 0 radical (unpaired) electrons. The average Bonchev–Trinajstić information content (AvgIpc) is 3.03. The molecule has 6 nitrogen and oxygen atoms in total. The predicted octanol–water partition coefficient (Wildman–Crippen LogP) is 4.99. The first-order valence-electron chi connectivity index (χ1n) is 9.84. The number of carbonyl (C=O) groups excluding carboxylic acids is 2. The van der Waals surface area contributed by atoms with Gasteiger partial charge in [-0.2, -0.15) is 5.10 Å². The van der Waals surface area contributed by atoms with E-state index in [-0.39, 0.29) is 17.9 Å². The molecule has 1 aromatic heterocycles. The minimum absolute atomic E-state index is 0.110. The van der Waals surface area contributed by atoms with Gasteiger partial charge in [-0.15, -0.1) is 0 Å². The molecule has 2 amide bonds. The number of hydrogen-bond acceptors (Lipinski definition) is 3. The first kappa shape index (κ1) is 21.6. The van der Waals surface area contributed by atoms with Gasteiger partial charge in [0.1, 0.15) is 5.82 Å². The highest BCUT2D eigenvalue weighted by molar-refractivity contribution is 6.30. The van der Waals surface area contributed by atoms with Crippen molar-refractivity contribution in [3.05, 3.63) is 64.8 Å². The van der Waals surface area contributed by atoms with Gasteiger partial charge in [-0.1, -0.05) is 30.7 Å². The summed E-state index contributed by atoms with van der Waals surface area (Å²) in [6.07, 6.45) is 0.865. The highest BCUT2D eigenvalue weighted by Gasteiger charge is 2.19. The van der Waals surface area contributed by atoms with E-state index in [4.69, 9.17) is 11.6 Å². The van der Waals surface area contributed by atoms with Crippen LogP contribution in [0.5, 0.6) is 0 Å². The van der Waals surface area contributed by atoms with E-state index < -0.39 is 0 Å². The van der Waals surface area contributed by atoms with Crippen LogP contribution in [0.25, 0.3) is 16.8 Å². The second-order valence-corrected chi connectivity index (χ2v) is 7.67. The zero-order chi connectivity index (χ0) is 21.8. The Labute approximate surface area is 181 Å². The third-order valence-corrected chi connectivity index (χ3v) is 5.10. The normalized spacial score (nSPS) is 11.8. The van der Waals surface area contributed by atoms with E-state index in [1.165, 1.54) is 6.92 Å². The summed E-state index contributed by atoms with van der Waals surface area (Å²) >= 11 is 6.02. The van der Waals surface area contributed by atoms with Gasteiger partial charge in [0.15, 0.2) is 0 Å². The van der Waals surface area contributed by atoms with Crippen LogP contribution in [-0.2, 0) is 4.79 Å². The molecule has 2 N–H and O–H groups in total. The van der Waals surface area contributed by atoms with Crippen LogP contribution in [0.3, 0.4) is 0 Å². The molecule has 3 aromatic rings. The zero-order valence-electron chi connectivity index (χ0n) is 17.5. The second kappa shape index (κ2) is 9.13. The number of amides is 2. The lowest BCUT2D eigenvalue weighted by atomic mass is 10.1. The first-order chi connectivity index (χ1) is 14.3. The zero-order valence-corrected chi connectivity index (χ0v) is 18.2. The maximum atomic E-state index is 12.3. The van der Waals surface area contributed by atoms with Gasteiger partial charge in [0.25, 0.3) is 5.91 Å². The number of rotatable bonds is 6. The molecule has 30 heavy (non-hydrogen) atoms. The first-order valence-corrected chi connectivity index (χ1v) is 10.2. The number of nitrogens with one attached hydrogen (secondary N) is 2. The number of carbonyl (C=O) groups is 2. The highest BCUT2D eigenvalue weighted by atomic mass is 35.5. The van der Waals surface area contributed by atoms with E-state index in [1.807, 2.05) is 45.0 Å². The molecule has 0 saturated heterocycles. The minimum atomic E-state index is -0.198. The van der Waals surface area contributed by atoms with Crippen LogP contribution in [0.2, 0.25) is 5.02 Å². The highest BCUT2D eigenvalue weighted by Crippen LogP contribution is 2.34. The maximum absolute atomic E-state index is 12.3. The SMILES string of the molecule is CCC(C)NC(=O)c1ccc(-n2nc(C)c(-c3ccc(Cl)cc3)c2NC(C)=O)cc1. The molecular weight excluding hydrogens is 400 g/mol. The Kier molecular flexibility index (Phi) is 6.57. The van der Waals surface area contributed by atoms with E-state index in [2.05, 4.69) is 15.7 Å². The monoisotopic (exact) mass is 424 g/mol. The number of nitrogens with zero attached hydrogens (tertiary/aromatic N) is 2. The van der Waals surface area contributed by atoms with Crippen molar-refractivity contribution in [2.45, 2.75) is 40.2 Å². The van der Waals surface area contributed by atoms with Crippen molar-refractivity contribution in [1.29, 1.82) is 0 Å². The summed E-state index contributed by atoms with van der Waals surface area (Å²) in [5, 5.41) is 11.1. The molecule has 0 aliphatic carbocycles. The number of halogens is 1. The standard InChI is InChI=1S/C23H25ClN4O2/c1-5-14(2)25-23(30)18-8-12-20(13-9-18)28-22(26-16(4)29)21(15(3)27-28)17-6-10-19(24)11-7-17/h6-14H,5H2,1-4H3,(H,25,30)(H,26,29). The smallest absolute Gasteiger partial charge is 0.251 e. The lowest BCUT2D eigenvalue weighted by molar-refractivity contribution is -0.114. The minimum Gasteiger partial charge on any atom is -0.350 e. The van der Waals surface area contributed by atoms with Crippen molar-refractivity contribution in [1.82, 2.24) is 15.1 Å². The molecule has 2 aromatic carbocycles. The average molecular weight is 425 g/mol. The Hall–Kier alpha value is -3.12. The predicted molar refractivity (Wildman–Crippen MR) is 120 cm³/mol. The van der Waals surface area contributed by atoms with Crippen molar-refractivity contribution < 1.29 is 9.59 Å². The Morgan fingerprint density at radius 1 is 1.10 bits per heavy atom. The Morgan fingerprint density at radius 2 is 1.73 bits per heavy atom. The summed E-state index contributed by atoms with van der Waals surface area (Å²) in [5.41, 5.74) is 3.79. The van der Waals surface area contributed by atoms with E-state index >= 15 is 0 Å². The van der Waals surface area contributed by atoms with Crippen LogP contribution in [0.4, 0.5) is 5.82 Å². The van der Waals surface area contributed by atoms with Gasteiger partial charge >= 0.3 is 0 Å². The molecule has 0 spiro atoms. The van der Waals surface area contributed by atoms with Gasteiger partial charge in [-0.3, -0.25) is 9.59 Å². The topological polar surface area (TPSA) is 76.0 Å². The van der Waals surface area contributed by atoms with Crippen LogP contribution in [-0.4, -0.2) is 27.6 Å². The molecule has 0 aliphatic rings. The fourth-order valence-electron chi connectivity index (χ4n) is 3.12. The number of benzene rings is 2. The molecule has 0 saturated carbocycles. The lowest BCUT2D eigenvalue weighted by Gasteiger charge is -2.13. The van der Waals surface area contributed by atoms with Crippen LogP contribution in [0, 0.1) is 6.92 Å². The van der Waals surface area contributed by atoms with Gasteiger partial charge < -0.3 is 10.6 Å². The molecule has 1 heterocycles. The van der Waals surface area contributed by atoms with E-state index in [1.54, 1.807) is 28.9 Å². The third-order valence-electron chi connectivity index (χ3n) is 4.85. The summed E-state index contributed by atoms with van der Waals surface area (Å²) < 4.78 is 1.68. The fourth-order valence-corrected chi connectivity index (χ4v) is 3.25. The van der Waals surface area contributed by atoms with E-state index in [0.29, 0.717) is 16.4 Å². The summed E-state index contributed by atoms with van der Waals surface area (Å²) in [5.74, 6) is 0.256. The van der Waals surface area contributed by atoms with E-state index in [0.717, 1.165) is 28.9 Å². The van der Waals surface area contributed by atoms with Gasteiger partial charge in [0.05, 0.1) is 11.4 Å². The van der Waals surface area contributed by atoms with E-state index in [9.17, 15) is 9.59 Å². The maximum Gasteiger partial charge on any atom is 0.251 e. The summed E-state index contributed by atoms with van der Waals surface area (Å²) in [7, 11) is 0. The van der Waals surface area contributed by atoms with Crippen LogP contribution in [0.15, 0.2) is 48.5 Å². The molecule has 156 valence electrons. The lowest BCUT2D eigenvalue weighted by Crippen LogP contribution is -2.31. The van der Waals surface area contributed by atoms with Crippen molar-refractivity contribution in [3.63, 3.8) is 0 Å². The van der Waals surface area contributed by atoms with Crippen LogP contribution in [0.1, 0.15) is 43.2 Å². The van der Waals surface area contributed by atoms with Gasteiger partial charge in [0, 0.05) is 29.1 Å². The Morgan fingerprint density at radius 3 is 2.30 bits per heavy atom. The van der Waals surface area contributed by atoms with Crippen LogP contribution < -0.4 is 10.6 Å². The fraction of sp³-hybridized carbons (Fsp3) is 0.261. The van der Waals surface area contributed by atoms with Crippen molar-refractivity contribution in [2.75, 3.05) is 5.32 Å². The third kappa shape index (κ3) is 4.71. The molecule has 0 bridgehead atoms. The van der Waals surface area contributed by atoms with Gasteiger partial charge in [-0.25, -0.2) is 4.68 Å². The molecule has 0 fully saturated rings. The Balaban J connectivity index is 2.01. The van der Waals surface area contributed by atoms with Crippen molar-refractivity contribution >= 4 is 29.2 Å². The van der Waals surface area contributed by atoms with Gasteiger partial charge in [-0.05, 0) is 62.2 Å². The van der Waals surface area contributed by atoms with Gasteiger partial charge in [0.2, 0.25) is 5.91 Å². The number of aromatic nitrogens is 2. The molecule has 3 rings (SSSR count).